The molecule has 0 bridgehead atoms. The fraction of sp³-hybridized carbons (Fsp3) is 0.412. The van der Waals surface area contributed by atoms with E-state index in [1.165, 1.54) is 22.5 Å². The Morgan fingerprint density at radius 3 is 2.43 bits per heavy atom. The lowest BCUT2D eigenvalue weighted by atomic mass is 9.86. The molecule has 2 rings (SSSR count). The molecule has 0 saturated carbocycles. The summed E-state index contributed by atoms with van der Waals surface area (Å²) >= 11 is 1.41. The molecule has 23 heavy (non-hydrogen) atoms. The van der Waals surface area contributed by atoms with Crippen molar-refractivity contribution in [2.45, 2.75) is 39.2 Å². The van der Waals surface area contributed by atoms with Gasteiger partial charge >= 0.3 is 0 Å². The first-order valence-electron chi connectivity index (χ1n) is 7.42. The van der Waals surface area contributed by atoms with Gasteiger partial charge in [-0.2, -0.15) is 0 Å². The minimum Gasteiger partial charge on any atom is -0.350 e. The summed E-state index contributed by atoms with van der Waals surface area (Å²) in [4.78, 5) is 16.1. The summed E-state index contributed by atoms with van der Waals surface area (Å²) in [5.74, 6) is -0.137. The Kier molecular flexibility index (Phi) is 7.19. The summed E-state index contributed by atoms with van der Waals surface area (Å²) in [6.07, 6.45) is 0.810. The Hall–Kier alpha value is -1.43. The molecular formula is C17H24ClN3OS. The monoisotopic (exact) mass is 353 g/mol. The van der Waals surface area contributed by atoms with Crippen LogP contribution in [0.25, 0.3) is 0 Å². The number of aromatic nitrogens is 1. The molecule has 1 aromatic carbocycles. The first-order chi connectivity index (χ1) is 10.4. The molecule has 126 valence electrons. The van der Waals surface area contributed by atoms with Crippen LogP contribution in [0.15, 0.2) is 29.6 Å². The van der Waals surface area contributed by atoms with Crippen molar-refractivity contribution < 1.29 is 4.79 Å². The lowest BCUT2D eigenvalue weighted by molar-refractivity contribution is 0.0949. The third-order valence-electron chi connectivity index (χ3n) is 3.48. The van der Waals surface area contributed by atoms with Crippen LogP contribution in [0.5, 0.6) is 0 Å². The number of carbonyl (C=O) groups is 1. The molecule has 0 atom stereocenters. The van der Waals surface area contributed by atoms with Crippen LogP contribution in [0.3, 0.4) is 0 Å². The predicted octanol–water partition coefficient (Wildman–Crippen LogP) is 3.29. The van der Waals surface area contributed by atoms with Crippen LogP contribution in [-0.4, -0.2) is 17.4 Å². The van der Waals surface area contributed by atoms with Crippen molar-refractivity contribution in [2.24, 2.45) is 5.73 Å². The topological polar surface area (TPSA) is 68.0 Å². The van der Waals surface area contributed by atoms with E-state index >= 15 is 0 Å². The fourth-order valence-electron chi connectivity index (χ4n) is 2.09. The van der Waals surface area contributed by atoms with Crippen LogP contribution in [0.1, 0.15) is 47.4 Å². The third-order valence-corrected chi connectivity index (χ3v) is 4.35. The Morgan fingerprint density at radius 2 is 1.91 bits per heavy atom. The average molecular weight is 354 g/mol. The van der Waals surface area contributed by atoms with E-state index in [4.69, 9.17) is 5.73 Å². The number of hydrogen-bond donors (Lipinski definition) is 2. The molecule has 0 saturated heterocycles. The van der Waals surface area contributed by atoms with Gasteiger partial charge in [-0.25, -0.2) is 4.98 Å². The van der Waals surface area contributed by atoms with E-state index in [-0.39, 0.29) is 23.7 Å². The number of benzene rings is 1. The molecule has 0 spiro atoms. The minimum absolute atomic E-state index is 0. The Balaban J connectivity index is 0.00000264. The second-order valence-electron chi connectivity index (χ2n) is 6.28. The zero-order valence-electron chi connectivity index (χ0n) is 13.8. The SMILES string of the molecule is CC(C)(C)c1ccc(CCNC(=O)c2csc(CN)n2)cc1.Cl. The number of nitrogens with one attached hydrogen (secondary N) is 1. The molecule has 0 aliphatic carbocycles. The van der Waals surface area contributed by atoms with Crippen LogP contribution < -0.4 is 11.1 Å². The van der Waals surface area contributed by atoms with Crippen molar-refractivity contribution in [3.05, 3.63) is 51.5 Å². The summed E-state index contributed by atoms with van der Waals surface area (Å²) < 4.78 is 0. The number of nitrogens with two attached hydrogens (primary N) is 1. The highest BCUT2D eigenvalue weighted by Gasteiger charge is 2.13. The maximum absolute atomic E-state index is 11.9. The molecule has 0 aliphatic heterocycles. The number of nitrogens with zero attached hydrogens (tertiary/aromatic N) is 1. The largest absolute Gasteiger partial charge is 0.350 e. The summed E-state index contributed by atoms with van der Waals surface area (Å²) in [7, 11) is 0. The minimum atomic E-state index is -0.137. The van der Waals surface area contributed by atoms with Crippen LogP contribution in [0.4, 0.5) is 0 Å². The highest BCUT2D eigenvalue weighted by atomic mass is 35.5. The molecule has 0 aliphatic rings. The summed E-state index contributed by atoms with van der Waals surface area (Å²) in [5.41, 5.74) is 8.65. The normalized spacial score (nSPS) is 11.0. The molecule has 6 heteroatoms. The van der Waals surface area contributed by atoms with E-state index in [0.29, 0.717) is 18.8 Å². The van der Waals surface area contributed by atoms with Gasteiger partial charge in [-0.15, -0.1) is 23.7 Å². The summed E-state index contributed by atoms with van der Waals surface area (Å²) in [6.45, 7) is 7.57. The van der Waals surface area contributed by atoms with Gasteiger partial charge in [0, 0.05) is 18.5 Å². The quantitative estimate of drug-likeness (QED) is 0.866. The summed E-state index contributed by atoms with van der Waals surface area (Å²) in [5, 5.41) is 5.42. The smallest absolute Gasteiger partial charge is 0.270 e. The van der Waals surface area contributed by atoms with E-state index in [2.05, 4.69) is 55.3 Å². The zero-order valence-corrected chi connectivity index (χ0v) is 15.4. The molecular weight excluding hydrogens is 330 g/mol. The number of halogens is 1. The van der Waals surface area contributed by atoms with Crippen molar-refractivity contribution in [1.82, 2.24) is 10.3 Å². The maximum Gasteiger partial charge on any atom is 0.270 e. The maximum atomic E-state index is 11.9. The molecule has 0 fully saturated rings. The zero-order chi connectivity index (χ0) is 16.2. The molecule has 0 unspecified atom stereocenters. The van der Waals surface area contributed by atoms with E-state index in [9.17, 15) is 4.79 Å². The number of rotatable bonds is 5. The highest BCUT2D eigenvalue weighted by molar-refractivity contribution is 7.09. The van der Waals surface area contributed by atoms with Crippen molar-refractivity contribution in [3.8, 4) is 0 Å². The molecule has 4 nitrogen and oxygen atoms in total. The number of thiazole rings is 1. The third kappa shape index (κ3) is 5.61. The van der Waals surface area contributed by atoms with Gasteiger partial charge < -0.3 is 11.1 Å². The van der Waals surface area contributed by atoms with Crippen molar-refractivity contribution in [3.63, 3.8) is 0 Å². The van der Waals surface area contributed by atoms with Gasteiger partial charge in [-0.05, 0) is 23.0 Å². The van der Waals surface area contributed by atoms with Crippen LogP contribution in [-0.2, 0) is 18.4 Å². The van der Waals surface area contributed by atoms with E-state index in [1.807, 2.05) is 0 Å². The molecule has 0 radical (unpaired) electrons. The van der Waals surface area contributed by atoms with Crippen molar-refractivity contribution in [2.75, 3.05) is 6.54 Å². The van der Waals surface area contributed by atoms with Crippen LogP contribution >= 0.6 is 23.7 Å². The molecule has 2 aromatic rings. The van der Waals surface area contributed by atoms with Crippen LogP contribution in [0.2, 0.25) is 0 Å². The molecule has 1 heterocycles. The van der Waals surface area contributed by atoms with Gasteiger partial charge in [0.05, 0.1) is 0 Å². The molecule has 3 N–H and O–H groups in total. The Labute approximate surface area is 147 Å². The fourth-order valence-corrected chi connectivity index (χ4v) is 2.75. The second-order valence-corrected chi connectivity index (χ2v) is 7.23. The Bertz CT molecular complexity index is 632. The highest BCUT2D eigenvalue weighted by Crippen LogP contribution is 2.22. The number of amides is 1. The summed E-state index contributed by atoms with van der Waals surface area (Å²) in [6, 6.07) is 8.57. The molecule has 1 amide bonds. The van der Waals surface area contributed by atoms with Gasteiger partial charge in [-0.3, -0.25) is 4.79 Å². The van der Waals surface area contributed by atoms with Gasteiger partial charge in [-0.1, -0.05) is 45.0 Å². The second kappa shape index (κ2) is 8.43. The van der Waals surface area contributed by atoms with E-state index in [0.717, 1.165) is 11.4 Å². The number of hydrogen-bond acceptors (Lipinski definition) is 4. The lowest BCUT2D eigenvalue weighted by Crippen LogP contribution is -2.26. The van der Waals surface area contributed by atoms with E-state index < -0.39 is 0 Å². The van der Waals surface area contributed by atoms with E-state index in [1.54, 1.807) is 5.38 Å². The predicted molar refractivity (Wildman–Crippen MR) is 98.4 cm³/mol. The van der Waals surface area contributed by atoms with Crippen LogP contribution in [0, 0.1) is 0 Å². The standard InChI is InChI=1S/C17H23N3OS.ClH/c1-17(2,3)13-6-4-12(5-7-13)8-9-19-16(21)14-11-22-15(10-18)20-14;/h4-7,11H,8-10,18H2,1-3H3,(H,19,21);1H. The average Bonchev–Trinajstić information content (AvgIpc) is 2.96. The lowest BCUT2D eigenvalue weighted by Gasteiger charge is -2.19. The first kappa shape index (κ1) is 19.6. The van der Waals surface area contributed by atoms with Crippen molar-refractivity contribution in [1.29, 1.82) is 0 Å². The molecule has 1 aromatic heterocycles. The number of carbonyl (C=O) groups excluding carboxylic acids is 1. The van der Waals surface area contributed by atoms with Crippen molar-refractivity contribution >= 4 is 29.7 Å². The van der Waals surface area contributed by atoms with Gasteiger partial charge in [0.2, 0.25) is 0 Å². The first-order valence-corrected chi connectivity index (χ1v) is 8.30. The van der Waals surface area contributed by atoms with Gasteiger partial charge in [0.15, 0.2) is 0 Å². The van der Waals surface area contributed by atoms with Gasteiger partial charge in [0.1, 0.15) is 10.7 Å². The Morgan fingerprint density at radius 1 is 1.26 bits per heavy atom. The van der Waals surface area contributed by atoms with Gasteiger partial charge in [0.25, 0.3) is 5.91 Å².